The normalized spacial score (nSPS) is 13.9. The minimum absolute atomic E-state index is 0.133. The summed E-state index contributed by atoms with van der Waals surface area (Å²) >= 11 is 5.99. The Kier molecular flexibility index (Phi) is 5.38. The van der Waals surface area contributed by atoms with Crippen LogP contribution in [0.3, 0.4) is 0 Å². The van der Waals surface area contributed by atoms with Crippen molar-refractivity contribution in [2.75, 3.05) is 10.2 Å². The number of rotatable bonds is 5. The van der Waals surface area contributed by atoms with Crippen LogP contribution in [0.4, 0.5) is 15.8 Å². The van der Waals surface area contributed by atoms with E-state index in [1.807, 2.05) is 19.1 Å². The molecular formula is C24H18ClFN2O2. The lowest BCUT2D eigenvalue weighted by Gasteiger charge is -2.16. The van der Waals surface area contributed by atoms with Gasteiger partial charge in [0.05, 0.1) is 11.3 Å². The lowest BCUT2D eigenvalue weighted by atomic mass is 10.0. The summed E-state index contributed by atoms with van der Waals surface area (Å²) in [6.45, 7) is 2.03. The number of halogens is 2. The fourth-order valence-electron chi connectivity index (χ4n) is 3.32. The molecule has 1 heterocycles. The molecule has 0 saturated carbocycles. The minimum Gasteiger partial charge on any atom is -0.350 e. The van der Waals surface area contributed by atoms with Gasteiger partial charge in [0.25, 0.3) is 11.8 Å². The fraction of sp³-hybridized carbons (Fsp3) is 0.0833. The van der Waals surface area contributed by atoms with Crippen molar-refractivity contribution in [2.45, 2.75) is 13.3 Å². The fourth-order valence-corrected chi connectivity index (χ4v) is 3.45. The molecule has 0 radical (unpaired) electrons. The van der Waals surface area contributed by atoms with E-state index in [9.17, 15) is 14.0 Å². The van der Waals surface area contributed by atoms with Crippen LogP contribution >= 0.6 is 11.6 Å². The summed E-state index contributed by atoms with van der Waals surface area (Å²) < 4.78 is 13.3. The van der Waals surface area contributed by atoms with E-state index in [4.69, 9.17) is 11.6 Å². The minimum atomic E-state index is -0.474. The van der Waals surface area contributed by atoms with Gasteiger partial charge in [-0.25, -0.2) is 9.29 Å². The Bertz CT molecular complexity index is 1140. The Hall–Kier alpha value is -3.44. The highest BCUT2D eigenvalue weighted by atomic mass is 35.5. The zero-order valence-corrected chi connectivity index (χ0v) is 16.9. The number of nitrogens with zero attached hydrogens (tertiary/aromatic N) is 1. The van der Waals surface area contributed by atoms with Crippen LogP contribution in [0.15, 0.2) is 78.5 Å². The lowest BCUT2D eigenvalue weighted by Crippen LogP contribution is -2.32. The molecule has 1 aliphatic heterocycles. The molecule has 1 aliphatic rings. The molecule has 0 unspecified atom stereocenters. The van der Waals surface area contributed by atoms with Gasteiger partial charge < -0.3 is 5.32 Å². The number of carbonyl (C=O) groups is 2. The summed E-state index contributed by atoms with van der Waals surface area (Å²) in [6, 6.07) is 19.6. The van der Waals surface area contributed by atoms with E-state index in [-0.39, 0.29) is 17.1 Å². The molecule has 0 aromatic heterocycles. The maximum atomic E-state index is 13.3. The summed E-state index contributed by atoms with van der Waals surface area (Å²) in [5.74, 6) is -1.30. The van der Waals surface area contributed by atoms with Crippen molar-refractivity contribution in [3.05, 3.63) is 100 Å². The second-order valence-corrected chi connectivity index (χ2v) is 7.29. The van der Waals surface area contributed by atoms with Crippen molar-refractivity contribution < 1.29 is 14.0 Å². The van der Waals surface area contributed by atoms with Gasteiger partial charge in [0, 0.05) is 10.7 Å². The van der Waals surface area contributed by atoms with Crippen LogP contribution in [0.25, 0.3) is 5.57 Å². The number of benzene rings is 3. The van der Waals surface area contributed by atoms with Crippen LogP contribution in [0.5, 0.6) is 0 Å². The Balaban J connectivity index is 1.78. The molecule has 0 aliphatic carbocycles. The topological polar surface area (TPSA) is 49.4 Å². The summed E-state index contributed by atoms with van der Waals surface area (Å²) in [5, 5.41) is 3.53. The SMILES string of the molecule is CCc1ccc(N2C(=O)C(Nc3ccc(F)cc3)=C(c3ccc(Cl)cc3)C2=O)cc1. The number of hydrogen-bond donors (Lipinski definition) is 1. The number of hydrogen-bond acceptors (Lipinski definition) is 3. The van der Waals surface area contributed by atoms with Gasteiger partial charge in [-0.15, -0.1) is 0 Å². The second-order valence-electron chi connectivity index (χ2n) is 6.85. The van der Waals surface area contributed by atoms with E-state index >= 15 is 0 Å². The molecule has 6 heteroatoms. The van der Waals surface area contributed by atoms with Crippen LogP contribution in [0, 0.1) is 5.82 Å². The molecule has 150 valence electrons. The number of anilines is 2. The zero-order valence-electron chi connectivity index (χ0n) is 16.2. The first-order valence-corrected chi connectivity index (χ1v) is 9.86. The molecule has 3 aromatic carbocycles. The molecule has 0 bridgehead atoms. The van der Waals surface area contributed by atoms with Crippen molar-refractivity contribution in [1.82, 2.24) is 0 Å². The molecule has 0 fully saturated rings. The molecule has 0 spiro atoms. The van der Waals surface area contributed by atoms with Gasteiger partial charge in [0.1, 0.15) is 11.5 Å². The number of imide groups is 1. The lowest BCUT2D eigenvalue weighted by molar-refractivity contribution is -0.120. The number of carbonyl (C=O) groups excluding carboxylic acids is 2. The predicted molar refractivity (Wildman–Crippen MR) is 117 cm³/mol. The van der Waals surface area contributed by atoms with Gasteiger partial charge >= 0.3 is 0 Å². The first-order chi connectivity index (χ1) is 14.5. The van der Waals surface area contributed by atoms with Crippen molar-refractivity contribution >= 4 is 40.4 Å². The molecule has 2 amide bonds. The molecule has 1 N–H and O–H groups in total. The molecule has 3 aromatic rings. The number of nitrogens with one attached hydrogen (secondary N) is 1. The van der Waals surface area contributed by atoms with Crippen LogP contribution < -0.4 is 10.2 Å². The summed E-state index contributed by atoms with van der Waals surface area (Å²) in [5.41, 5.74) is 3.03. The van der Waals surface area contributed by atoms with Gasteiger partial charge in [-0.2, -0.15) is 0 Å². The molecular weight excluding hydrogens is 403 g/mol. The Morgan fingerprint density at radius 1 is 0.867 bits per heavy atom. The average molecular weight is 421 g/mol. The van der Waals surface area contributed by atoms with Gasteiger partial charge in [0.2, 0.25) is 0 Å². The second kappa shape index (κ2) is 8.13. The highest BCUT2D eigenvalue weighted by molar-refractivity contribution is 6.46. The third kappa shape index (κ3) is 3.72. The monoisotopic (exact) mass is 420 g/mol. The van der Waals surface area contributed by atoms with E-state index in [0.717, 1.165) is 16.9 Å². The molecule has 4 rings (SSSR count). The van der Waals surface area contributed by atoms with E-state index in [0.29, 0.717) is 22.0 Å². The third-order valence-electron chi connectivity index (χ3n) is 4.93. The van der Waals surface area contributed by atoms with Gasteiger partial charge in [-0.1, -0.05) is 42.8 Å². The quantitative estimate of drug-likeness (QED) is 0.559. The third-order valence-corrected chi connectivity index (χ3v) is 5.19. The molecule has 30 heavy (non-hydrogen) atoms. The van der Waals surface area contributed by atoms with Crippen molar-refractivity contribution in [1.29, 1.82) is 0 Å². The van der Waals surface area contributed by atoms with E-state index < -0.39 is 11.8 Å². The predicted octanol–water partition coefficient (Wildman–Crippen LogP) is 5.44. The Morgan fingerprint density at radius 3 is 2.10 bits per heavy atom. The Morgan fingerprint density at radius 2 is 1.50 bits per heavy atom. The van der Waals surface area contributed by atoms with Crippen LogP contribution in [-0.4, -0.2) is 11.8 Å². The maximum Gasteiger partial charge on any atom is 0.282 e. The van der Waals surface area contributed by atoms with Crippen molar-refractivity contribution in [2.24, 2.45) is 0 Å². The van der Waals surface area contributed by atoms with Gasteiger partial charge in [-0.3, -0.25) is 9.59 Å². The molecule has 0 atom stereocenters. The largest absolute Gasteiger partial charge is 0.350 e. The van der Waals surface area contributed by atoms with E-state index in [1.165, 1.54) is 24.3 Å². The van der Waals surface area contributed by atoms with Crippen molar-refractivity contribution in [3.8, 4) is 0 Å². The number of amides is 2. The standard InChI is InChI=1S/C24H18ClFN2O2/c1-2-15-3-13-20(14-4-15)28-23(29)21(16-5-7-17(25)8-6-16)22(24(28)30)27-19-11-9-18(26)10-12-19/h3-14,27H,2H2,1H3. The highest BCUT2D eigenvalue weighted by Crippen LogP contribution is 2.34. The molecule has 4 nitrogen and oxygen atoms in total. The van der Waals surface area contributed by atoms with E-state index in [1.54, 1.807) is 36.4 Å². The van der Waals surface area contributed by atoms with Gasteiger partial charge in [0.15, 0.2) is 0 Å². The first-order valence-electron chi connectivity index (χ1n) is 9.48. The Labute approximate surface area is 178 Å². The highest BCUT2D eigenvalue weighted by Gasteiger charge is 2.40. The zero-order chi connectivity index (χ0) is 21.3. The molecule has 0 saturated heterocycles. The average Bonchev–Trinajstić information content (AvgIpc) is 3.00. The number of aryl methyl sites for hydroxylation is 1. The first kappa shape index (κ1) is 19.9. The maximum absolute atomic E-state index is 13.3. The smallest absolute Gasteiger partial charge is 0.282 e. The van der Waals surface area contributed by atoms with Gasteiger partial charge in [-0.05, 0) is 66.1 Å². The summed E-state index contributed by atoms with van der Waals surface area (Å²) in [7, 11) is 0. The van der Waals surface area contributed by atoms with Crippen LogP contribution in [0.2, 0.25) is 5.02 Å². The summed E-state index contributed by atoms with van der Waals surface area (Å²) in [4.78, 5) is 27.8. The van der Waals surface area contributed by atoms with Crippen molar-refractivity contribution in [3.63, 3.8) is 0 Å². The van der Waals surface area contributed by atoms with E-state index in [2.05, 4.69) is 5.32 Å². The summed E-state index contributed by atoms with van der Waals surface area (Å²) in [6.07, 6.45) is 0.855. The van der Waals surface area contributed by atoms with Crippen LogP contribution in [-0.2, 0) is 16.0 Å². The van der Waals surface area contributed by atoms with Crippen LogP contribution in [0.1, 0.15) is 18.1 Å².